The summed E-state index contributed by atoms with van der Waals surface area (Å²) in [6, 6.07) is 0. The summed E-state index contributed by atoms with van der Waals surface area (Å²) in [6.07, 6.45) is 5.85. The average molecular weight is 310 g/mol. The third-order valence-electron chi connectivity index (χ3n) is 4.63. The lowest BCUT2D eigenvalue weighted by Gasteiger charge is -2.45. The van der Waals surface area contributed by atoms with Gasteiger partial charge in [-0.25, -0.2) is 4.79 Å². The van der Waals surface area contributed by atoms with Gasteiger partial charge in [0.15, 0.2) is 0 Å². The minimum atomic E-state index is -0.589. The van der Waals surface area contributed by atoms with Crippen LogP contribution in [-0.4, -0.2) is 29.2 Å². The standard InChI is InChI=1S/C17H30N2O3/c1-16(2)10-13(11-17(3,4)19-16)22-15(21)18-14(20)12-8-6-5-7-9-12/h12-13,19H,5-11H2,1-4H3,(H,18,20,21). The number of alkyl carbamates (subject to hydrolysis) is 1. The van der Waals surface area contributed by atoms with Gasteiger partial charge in [-0.2, -0.15) is 0 Å². The predicted octanol–water partition coefficient (Wildman–Crippen LogP) is 3.13. The van der Waals surface area contributed by atoms with E-state index in [1.54, 1.807) is 0 Å². The van der Waals surface area contributed by atoms with Crippen LogP contribution < -0.4 is 10.6 Å². The molecule has 2 N–H and O–H groups in total. The quantitative estimate of drug-likeness (QED) is 0.822. The number of amides is 2. The summed E-state index contributed by atoms with van der Waals surface area (Å²) < 4.78 is 5.51. The minimum Gasteiger partial charge on any atom is -0.446 e. The summed E-state index contributed by atoms with van der Waals surface area (Å²) in [4.78, 5) is 24.1. The number of piperidine rings is 1. The van der Waals surface area contributed by atoms with Gasteiger partial charge < -0.3 is 10.1 Å². The maximum atomic E-state index is 12.1. The van der Waals surface area contributed by atoms with E-state index in [1.165, 1.54) is 6.42 Å². The molecule has 126 valence electrons. The van der Waals surface area contributed by atoms with Gasteiger partial charge in [0.2, 0.25) is 5.91 Å². The van der Waals surface area contributed by atoms with Crippen LogP contribution in [0.2, 0.25) is 0 Å². The van der Waals surface area contributed by atoms with E-state index < -0.39 is 6.09 Å². The minimum absolute atomic E-state index is 0.0257. The van der Waals surface area contributed by atoms with Crippen molar-refractivity contribution in [1.82, 2.24) is 10.6 Å². The van der Waals surface area contributed by atoms with Gasteiger partial charge in [-0.15, -0.1) is 0 Å². The molecule has 0 aromatic heterocycles. The highest BCUT2D eigenvalue weighted by Gasteiger charge is 2.39. The zero-order valence-electron chi connectivity index (χ0n) is 14.3. The van der Waals surface area contributed by atoms with Crippen LogP contribution >= 0.6 is 0 Å². The molecule has 1 aliphatic heterocycles. The molecular formula is C17H30N2O3. The molecule has 2 aliphatic rings. The number of hydrogen-bond acceptors (Lipinski definition) is 4. The molecule has 0 aromatic rings. The van der Waals surface area contributed by atoms with Gasteiger partial charge in [0.05, 0.1) is 0 Å². The number of carbonyl (C=O) groups is 2. The summed E-state index contributed by atoms with van der Waals surface area (Å²) >= 11 is 0. The van der Waals surface area contributed by atoms with E-state index in [-0.39, 0.29) is 29.0 Å². The molecule has 2 rings (SSSR count). The van der Waals surface area contributed by atoms with Crippen molar-refractivity contribution in [1.29, 1.82) is 0 Å². The Balaban J connectivity index is 1.84. The molecule has 2 amide bonds. The second kappa shape index (κ2) is 6.57. The highest BCUT2D eigenvalue weighted by Crippen LogP contribution is 2.30. The van der Waals surface area contributed by atoms with E-state index in [9.17, 15) is 9.59 Å². The molecule has 1 saturated carbocycles. The molecule has 2 fully saturated rings. The van der Waals surface area contributed by atoms with Gasteiger partial charge in [0.1, 0.15) is 6.10 Å². The predicted molar refractivity (Wildman–Crippen MR) is 85.5 cm³/mol. The highest BCUT2D eigenvalue weighted by molar-refractivity contribution is 5.93. The first-order valence-electron chi connectivity index (χ1n) is 8.48. The van der Waals surface area contributed by atoms with Gasteiger partial charge in [-0.3, -0.25) is 10.1 Å². The lowest BCUT2D eigenvalue weighted by molar-refractivity contribution is -0.125. The summed E-state index contributed by atoms with van der Waals surface area (Å²) in [5, 5.41) is 5.98. The molecule has 0 atom stereocenters. The molecular weight excluding hydrogens is 280 g/mol. The Labute approximate surface area is 133 Å². The van der Waals surface area contributed by atoms with E-state index >= 15 is 0 Å². The molecule has 0 bridgehead atoms. The normalized spacial score (nSPS) is 25.5. The maximum absolute atomic E-state index is 12.1. The van der Waals surface area contributed by atoms with E-state index in [2.05, 4.69) is 38.3 Å². The molecule has 22 heavy (non-hydrogen) atoms. The maximum Gasteiger partial charge on any atom is 0.414 e. The fourth-order valence-corrected chi connectivity index (χ4v) is 4.06. The Kier molecular flexibility index (Phi) is 5.15. The van der Waals surface area contributed by atoms with Crippen LogP contribution in [0.1, 0.15) is 72.6 Å². The molecule has 0 radical (unpaired) electrons. The molecule has 0 spiro atoms. The number of imide groups is 1. The number of ether oxygens (including phenoxy) is 1. The number of hydrogen-bond donors (Lipinski definition) is 2. The molecule has 1 aliphatic carbocycles. The van der Waals surface area contributed by atoms with Crippen LogP contribution in [0.5, 0.6) is 0 Å². The zero-order chi connectivity index (χ0) is 16.4. The van der Waals surface area contributed by atoms with Crippen LogP contribution in [-0.2, 0) is 9.53 Å². The van der Waals surface area contributed by atoms with Gasteiger partial charge in [-0.1, -0.05) is 19.3 Å². The van der Waals surface area contributed by atoms with E-state index in [1.807, 2.05) is 0 Å². The van der Waals surface area contributed by atoms with Crippen molar-refractivity contribution in [3.05, 3.63) is 0 Å². The Morgan fingerprint density at radius 1 is 1.00 bits per heavy atom. The summed E-state index contributed by atoms with van der Waals surface area (Å²) in [5.74, 6) is -0.195. The highest BCUT2D eigenvalue weighted by atomic mass is 16.6. The van der Waals surface area contributed by atoms with Crippen molar-refractivity contribution < 1.29 is 14.3 Å². The van der Waals surface area contributed by atoms with Crippen molar-refractivity contribution >= 4 is 12.0 Å². The van der Waals surface area contributed by atoms with Gasteiger partial charge in [0, 0.05) is 29.8 Å². The summed E-state index contributed by atoms with van der Waals surface area (Å²) in [7, 11) is 0. The lowest BCUT2D eigenvalue weighted by Crippen LogP contribution is -2.60. The molecule has 1 saturated heterocycles. The van der Waals surface area contributed by atoms with E-state index in [0.717, 1.165) is 38.5 Å². The zero-order valence-corrected chi connectivity index (χ0v) is 14.3. The van der Waals surface area contributed by atoms with Crippen molar-refractivity contribution in [2.75, 3.05) is 0 Å². The van der Waals surface area contributed by atoms with Crippen molar-refractivity contribution in [3.63, 3.8) is 0 Å². The first-order valence-corrected chi connectivity index (χ1v) is 8.48. The third kappa shape index (κ3) is 4.97. The number of nitrogens with one attached hydrogen (secondary N) is 2. The Hall–Kier alpha value is -1.10. The number of rotatable bonds is 2. The molecule has 5 heteroatoms. The van der Waals surface area contributed by atoms with Gasteiger partial charge >= 0.3 is 6.09 Å². The van der Waals surface area contributed by atoms with Crippen LogP contribution in [0, 0.1) is 5.92 Å². The Morgan fingerprint density at radius 3 is 2.09 bits per heavy atom. The van der Waals surface area contributed by atoms with Crippen molar-refractivity contribution in [3.8, 4) is 0 Å². The fraction of sp³-hybridized carbons (Fsp3) is 0.882. The monoisotopic (exact) mass is 310 g/mol. The van der Waals surface area contributed by atoms with Crippen LogP contribution in [0.25, 0.3) is 0 Å². The summed E-state index contributed by atoms with van der Waals surface area (Å²) in [6.45, 7) is 8.43. The Morgan fingerprint density at radius 2 is 1.55 bits per heavy atom. The second-order valence-corrected chi connectivity index (χ2v) is 8.15. The lowest BCUT2D eigenvalue weighted by atomic mass is 9.81. The molecule has 0 unspecified atom stereocenters. The van der Waals surface area contributed by atoms with Crippen molar-refractivity contribution in [2.24, 2.45) is 5.92 Å². The topological polar surface area (TPSA) is 67.4 Å². The smallest absolute Gasteiger partial charge is 0.414 e. The van der Waals surface area contributed by atoms with Gasteiger partial charge in [-0.05, 0) is 40.5 Å². The largest absolute Gasteiger partial charge is 0.446 e. The molecule has 1 heterocycles. The fourth-order valence-electron chi connectivity index (χ4n) is 4.06. The molecule has 0 aromatic carbocycles. The van der Waals surface area contributed by atoms with Crippen LogP contribution in [0.3, 0.4) is 0 Å². The van der Waals surface area contributed by atoms with E-state index in [0.29, 0.717) is 0 Å². The SMILES string of the molecule is CC1(C)CC(OC(=O)NC(=O)C2CCCCC2)CC(C)(C)N1. The van der Waals surface area contributed by atoms with Gasteiger partial charge in [0.25, 0.3) is 0 Å². The molecule has 5 nitrogen and oxygen atoms in total. The van der Waals surface area contributed by atoms with E-state index in [4.69, 9.17) is 4.74 Å². The second-order valence-electron chi connectivity index (χ2n) is 8.15. The average Bonchev–Trinajstić information content (AvgIpc) is 2.35. The van der Waals surface area contributed by atoms with Crippen LogP contribution in [0.4, 0.5) is 4.79 Å². The summed E-state index contributed by atoms with van der Waals surface area (Å²) in [5.41, 5.74) is -0.167. The Bertz CT molecular complexity index is 410. The van der Waals surface area contributed by atoms with Crippen molar-refractivity contribution in [2.45, 2.75) is 89.8 Å². The first-order chi connectivity index (χ1) is 10.2. The third-order valence-corrected chi connectivity index (χ3v) is 4.63. The first kappa shape index (κ1) is 17.3. The number of carbonyl (C=O) groups excluding carboxylic acids is 2. The van der Waals surface area contributed by atoms with Crippen LogP contribution in [0.15, 0.2) is 0 Å².